The van der Waals surface area contributed by atoms with Crippen LogP contribution in [0.3, 0.4) is 0 Å². The molecule has 1 aromatic heterocycles. The molecule has 0 bridgehead atoms. The molecule has 1 amide bonds. The molecule has 0 spiro atoms. The summed E-state index contributed by atoms with van der Waals surface area (Å²) in [6.07, 6.45) is 1.34. The summed E-state index contributed by atoms with van der Waals surface area (Å²) in [5.74, 6) is -0.771. The molecule has 2 rings (SSSR count). The molecule has 0 aliphatic heterocycles. The second-order valence-electron chi connectivity index (χ2n) is 4.53. The second-order valence-corrected chi connectivity index (χ2v) is 4.53. The third-order valence-corrected chi connectivity index (χ3v) is 2.87. The summed E-state index contributed by atoms with van der Waals surface area (Å²) in [6.45, 7) is 1.99. The Kier molecular flexibility index (Phi) is 4.47. The number of aromatic nitrogens is 2. The minimum absolute atomic E-state index is 0.278. The lowest BCUT2D eigenvalue weighted by Gasteiger charge is -2.07. The number of halogens is 1. The number of carbonyl (C=O) groups is 1. The van der Waals surface area contributed by atoms with E-state index in [0.717, 1.165) is 0 Å². The van der Waals surface area contributed by atoms with E-state index in [1.807, 2.05) is 0 Å². The molecule has 0 saturated heterocycles. The maximum Gasteiger partial charge on any atom is 0.255 e. The number of aliphatic hydroxyl groups excluding tert-OH is 1. The fraction of sp³-hybridized carbons (Fsp3) is 0.286. The third-order valence-electron chi connectivity index (χ3n) is 2.87. The van der Waals surface area contributed by atoms with E-state index >= 15 is 0 Å². The first kappa shape index (κ1) is 14.2. The number of hydrogen-bond donors (Lipinski definition) is 3. The van der Waals surface area contributed by atoms with Crippen molar-refractivity contribution < 1.29 is 14.3 Å². The number of hydrogen-bond acceptors (Lipinski definition) is 3. The molecule has 0 saturated carbocycles. The second kappa shape index (κ2) is 6.29. The quantitative estimate of drug-likeness (QED) is 0.778. The summed E-state index contributed by atoms with van der Waals surface area (Å²) in [5, 5.41) is 18.3. The molecule has 2 aromatic rings. The van der Waals surface area contributed by atoms with Gasteiger partial charge < -0.3 is 10.4 Å². The van der Waals surface area contributed by atoms with Crippen LogP contribution in [0, 0.1) is 5.82 Å². The Morgan fingerprint density at radius 1 is 1.50 bits per heavy atom. The van der Waals surface area contributed by atoms with Crippen molar-refractivity contribution in [2.45, 2.75) is 19.4 Å². The van der Waals surface area contributed by atoms with Crippen LogP contribution in [0.4, 0.5) is 4.39 Å². The molecule has 1 unspecified atom stereocenters. The number of benzene rings is 1. The van der Waals surface area contributed by atoms with Gasteiger partial charge in [-0.05, 0) is 25.5 Å². The molecule has 3 N–H and O–H groups in total. The maximum absolute atomic E-state index is 13.7. The number of carbonyl (C=O) groups excluding carboxylic acids is 1. The van der Waals surface area contributed by atoms with E-state index in [-0.39, 0.29) is 11.5 Å². The van der Waals surface area contributed by atoms with E-state index in [1.54, 1.807) is 25.1 Å². The molecule has 0 aliphatic rings. The Morgan fingerprint density at radius 3 is 2.95 bits per heavy atom. The van der Waals surface area contributed by atoms with E-state index in [2.05, 4.69) is 15.5 Å². The largest absolute Gasteiger partial charge is 0.393 e. The number of H-pyrrole nitrogens is 1. The molecular formula is C14H16FN3O2. The van der Waals surface area contributed by atoms with Crippen molar-refractivity contribution in [3.63, 3.8) is 0 Å². The summed E-state index contributed by atoms with van der Waals surface area (Å²) in [7, 11) is 0. The van der Waals surface area contributed by atoms with Crippen LogP contribution in [0.2, 0.25) is 0 Å². The van der Waals surface area contributed by atoms with E-state index in [4.69, 9.17) is 5.11 Å². The molecule has 1 atom stereocenters. The molecule has 1 heterocycles. The zero-order valence-corrected chi connectivity index (χ0v) is 11.1. The first-order chi connectivity index (χ1) is 9.59. The zero-order chi connectivity index (χ0) is 14.5. The first-order valence-corrected chi connectivity index (χ1v) is 6.34. The fourth-order valence-electron chi connectivity index (χ4n) is 1.82. The van der Waals surface area contributed by atoms with Crippen molar-refractivity contribution in [2.75, 3.05) is 6.54 Å². The van der Waals surface area contributed by atoms with Gasteiger partial charge in [0.05, 0.1) is 23.6 Å². The van der Waals surface area contributed by atoms with Gasteiger partial charge in [-0.1, -0.05) is 12.1 Å². The Balaban J connectivity index is 2.17. The lowest BCUT2D eigenvalue weighted by molar-refractivity contribution is 0.0946. The highest BCUT2D eigenvalue weighted by Crippen LogP contribution is 2.23. The predicted octanol–water partition coefficient (Wildman–Crippen LogP) is 1.72. The zero-order valence-electron chi connectivity index (χ0n) is 11.1. The summed E-state index contributed by atoms with van der Waals surface area (Å²) < 4.78 is 13.7. The van der Waals surface area contributed by atoms with Crippen LogP contribution in [0.1, 0.15) is 23.7 Å². The molecule has 0 radical (unpaired) electrons. The van der Waals surface area contributed by atoms with Gasteiger partial charge >= 0.3 is 0 Å². The van der Waals surface area contributed by atoms with Gasteiger partial charge in [0.25, 0.3) is 5.91 Å². The lowest BCUT2D eigenvalue weighted by atomic mass is 10.1. The van der Waals surface area contributed by atoms with Gasteiger partial charge in [0.15, 0.2) is 0 Å². The molecule has 0 fully saturated rings. The standard InChI is InChI=1S/C14H16FN3O2/c1-9(19)6-7-16-14(20)11-8-17-18-13(11)10-4-2-3-5-12(10)15/h2-5,8-9,19H,6-7H2,1H3,(H,16,20)(H,17,18). The molecule has 106 valence electrons. The van der Waals surface area contributed by atoms with Gasteiger partial charge in [-0.2, -0.15) is 5.10 Å². The average molecular weight is 277 g/mol. The van der Waals surface area contributed by atoms with E-state index < -0.39 is 11.9 Å². The fourth-order valence-corrected chi connectivity index (χ4v) is 1.82. The number of amides is 1. The Bertz CT molecular complexity index is 596. The van der Waals surface area contributed by atoms with Crippen LogP contribution in [-0.4, -0.2) is 33.9 Å². The van der Waals surface area contributed by atoms with Crippen molar-refractivity contribution in [3.05, 3.63) is 41.8 Å². The van der Waals surface area contributed by atoms with Crippen LogP contribution in [-0.2, 0) is 0 Å². The van der Waals surface area contributed by atoms with Crippen LogP contribution >= 0.6 is 0 Å². The summed E-state index contributed by atoms with van der Waals surface area (Å²) in [4.78, 5) is 12.0. The number of rotatable bonds is 5. The predicted molar refractivity (Wildman–Crippen MR) is 72.6 cm³/mol. The first-order valence-electron chi connectivity index (χ1n) is 6.34. The van der Waals surface area contributed by atoms with Gasteiger partial charge in [-0.25, -0.2) is 4.39 Å². The van der Waals surface area contributed by atoms with Crippen LogP contribution in [0.25, 0.3) is 11.3 Å². The molecule has 20 heavy (non-hydrogen) atoms. The SMILES string of the molecule is CC(O)CCNC(=O)c1cn[nH]c1-c1ccccc1F. The van der Waals surface area contributed by atoms with E-state index in [9.17, 15) is 9.18 Å². The molecule has 1 aromatic carbocycles. The number of nitrogens with one attached hydrogen (secondary N) is 2. The normalized spacial score (nSPS) is 12.2. The summed E-state index contributed by atoms with van der Waals surface area (Å²) in [6, 6.07) is 6.17. The monoisotopic (exact) mass is 277 g/mol. The number of aromatic amines is 1. The number of nitrogens with zero attached hydrogens (tertiary/aromatic N) is 1. The lowest BCUT2D eigenvalue weighted by Crippen LogP contribution is -2.26. The topological polar surface area (TPSA) is 78.0 Å². The highest BCUT2D eigenvalue weighted by atomic mass is 19.1. The van der Waals surface area contributed by atoms with Gasteiger partial charge in [-0.3, -0.25) is 9.89 Å². The molecular weight excluding hydrogens is 261 g/mol. The Labute approximate surface area is 115 Å². The smallest absolute Gasteiger partial charge is 0.255 e. The van der Waals surface area contributed by atoms with Crippen LogP contribution < -0.4 is 5.32 Å². The molecule has 6 heteroatoms. The van der Waals surface area contributed by atoms with Crippen molar-refractivity contribution >= 4 is 5.91 Å². The Morgan fingerprint density at radius 2 is 2.25 bits per heavy atom. The van der Waals surface area contributed by atoms with Crippen molar-refractivity contribution in [1.29, 1.82) is 0 Å². The van der Waals surface area contributed by atoms with Gasteiger partial charge in [0, 0.05) is 12.1 Å². The molecule has 5 nitrogen and oxygen atoms in total. The maximum atomic E-state index is 13.7. The van der Waals surface area contributed by atoms with Gasteiger partial charge in [0.2, 0.25) is 0 Å². The van der Waals surface area contributed by atoms with E-state index in [1.165, 1.54) is 12.3 Å². The van der Waals surface area contributed by atoms with Crippen LogP contribution in [0.5, 0.6) is 0 Å². The van der Waals surface area contributed by atoms with Gasteiger partial charge in [0.1, 0.15) is 5.82 Å². The number of aliphatic hydroxyl groups is 1. The van der Waals surface area contributed by atoms with E-state index in [0.29, 0.717) is 24.2 Å². The highest BCUT2D eigenvalue weighted by molar-refractivity contribution is 5.99. The van der Waals surface area contributed by atoms with Crippen molar-refractivity contribution in [2.24, 2.45) is 0 Å². The molecule has 0 aliphatic carbocycles. The van der Waals surface area contributed by atoms with Crippen LogP contribution in [0.15, 0.2) is 30.5 Å². The van der Waals surface area contributed by atoms with Crippen molar-refractivity contribution in [1.82, 2.24) is 15.5 Å². The Hall–Kier alpha value is -2.21. The summed E-state index contributed by atoms with van der Waals surface area (Å²) in [5.41, 5.74) is 0.920. The minimum atomic E-state index is -0.481. The van der Waals surface area contributed by atoms with Gasteiger partial charge in [-0.15, -0.1) is 0 Å². The van der Waals surface area contributed by atoms with Crippen molar-refractivity contribution in [3.8, 4) is 11.3 Å². The average Bonchev–Trinajstić information content (AvgIpc) is 2.87. The minimum Gasteiger partial charge on any atom is -0.393 e. The summed E-state index contributed by atoms with van der Waals surface area (Å²) >= 11 is 0. The highest BCUT2D eigenvalue weighted by Gasteiger charge is 2.17. The third kappa shape index (κ3) is 3.21.